The zero-order valence-corrected chi connectivity index (χ0v) is 7.73. The van der Waals surface area contributed by atoms with Gasteiger partial charge in [0.1, 0.15) is 0 Å². The molecule has 0 atom stereocenters. The van der Waals surface area contributed by atoms with Crippen LogP contribution in [0.15, 0.2) is 22.7 Å². The van der Waals surface area contributed by atoms with Gasteiger partial charge in [0.25, 0.3) is 0 Å². The molecule has 0 N–H and O–H groups in total. The maximum atomic E-state index is 5.32. The molecule has 0 saturated carbocycles. The highest BCUT2D eigenvalue weighted by Gasteiger charge is 2.08. The molecule has 2 heteroatoms. The summed E-state index contributed by atoms with van der Waals surface area (Å²) in [6, 6.07) is 6.37. The highest BCUT2D eigenvalue weighted by Crippen LogP contribution is 2.20. The molecule has 1 aliphatic rings. The van der Waals surface area contributed by atoms with Crippen LogP contribution in [0.5, 0.6) is 0 Å². The van der Waals surface area contributed by atoms with Gasteiger partial charge in [-0.3, -0.25) is 0 Å². The smallest absolute Gasteiger partial charge is 0.0719 e. The molecule has 1 aromatic rings. The Morgan fingerprint density at radius 3 is 3.09 bits per heavy atom. The summed E-state index contributed by atoms with van der Waals surface area (Å²) in [5.74, 6) is 0. The minimum Gasteiger partial charge on any atom is -0.376 e. The molecule has 0 amide bonds. The third kappa shape index (κ3) is 1.47. The Kier molecular flexibility index (Phi) is 1.96. The Labute approximate surface area is 74.5 Å². The first-order chi connectivity index (χ1) is 5.36. The van der Waals surface area contributed by atoms with Crippen LogP contribution >= 0.6 is 15.9 Å². The molecular formula is C9H9BrO. The fourth-order valence-electron chi connectivity index (χ4n) is 1.33. The minimum absolute atomic E-state index is 0.780. The summed E-state index contributed by atoms with van der Waals surface area (Å²) in [5, 5.41) is 0. The van der Waals surface area contributed by atoms with E-state index in [9.17, 15) is 0 Å². The van der Waals surface area contributed by atoms with Crippen molar-refractivity contribution >= 4 is 15.9 Å². The molecule has 1 heterocycles. The van der Waals surface area contributed by atoms with E-state index in [-0.39, 0.29) is 0 Å². The SMILES string of the molecule is Brc1ccc2c(c1)CCOC2. The van der Waals surface area contributed by atoms with Gasteiger partial charge in [-0.25, -0.2) is 0 Å². The molecule has 0 unspecified atom stereocenters. The van der Waals surface area contributed by atoms with Crippen LogP contribution in [0.25, 0.3) is 0 Å². The summed E-state index contributed by atoms with van der Waals surface area (Å²) in [4.78, 5) is 0. The van der Waals surface area contributed by atoms with E-state index in [2.05, 4.69) is 34.1 Å². The standard InChI is InChI=1S/C9H9BrO/c10-9-2-1-8-6-11-4-3-7(8)5-9/h1-2,5H,3-4,6H2. The van der Waals surface area contributed by atoms with E-state index in [0.29, 0.717) is 0 Å². The normalized spacial score (nSPS) is 16.1. The molecule has 58 valence electrons. The van der Waals surface area contributed by atoms with E-state index in [1.54, 1.807) is 0 Å². The highest BCUT2D eigenvalue weighted by molar-refractivity contribution is 9.10. The van der Waals surface area contributed by atoms with Gasteiger partial charge in [0.2, 0.25) is 0 Å². The van der Waals surface area contributed by atoms with Crippen LogP contribution in [0.2, 0.25) is 0 Å². The van der Waals surface area contributed by atoms with Gasteiger partial charge in [0, 0.05) is 4.47 Å². The van der Waals surface area contributed by atoms with Crippen LogP contribution in [0.4, 0.5) is 0 Å². The van der Waals surface area contributed by atoms with E-state index >= 15 is 0 Å². The molecule has 1 nitrogen and oxygen atoms in total. The zero-order valence-electron chi connectivity index (χ0n) is 6.14. The first-order valence-corrected chi connectivity index (χ1v) is 4.50. The first-order valence-electron chi connectivity index (χ1n) is 3.71. The number of hydrogen-bond acceptors (Lipinski definition) is 1. The van der Waals surface area contributed by atoms with Gasteiger partial charge >= 0.3 is 0 Å². The molecule has 1 aromatic carbocycles. The third-order valence-corrected chi connectivity index (χ3v) is 2.43. The largest absolute Gasteiger partial charge is 0.376 e. The van der Waals surface area contributed by atoms with Crippen LogP contribution in [0.3, 0.4) is 0 Å². The van der Waals surface area contributed by atoms with Crippen molar-refractivity contribution in [2.24, 2.45) is 0 Å². The molecule has 0 aromatic heterocycles. The second-order valence-electron chi connectivity index (χ2n) is 2.72. The van der Waals surface area contributed by atoms with Crippen LogP contribution < -0.4 is 0 Å². The zero-order chi connectivity index (χ0) is 7.68. The second-order valence-corrected chi connectivity index (χ2v) is 3.63. The van der Waals surface area contributed by atoms with Crippen molar-refractivity contribution in [2.45, 2.75) is 13.0 Å². The Morgan fingerprint density at radius 2 is 2.18 bits per heavy atom. The third-order valence-electron chi connectivity index (χ3n) is 1.94. The van der Waals surface area contributed by atoms with Gasteiger partial charge in [-0.1, -0.05) is 22.0 Å². The molecule has 0 fully saturated rings. The van der Waals surface area contributed by atoms with Gasteiger partial charge < -0.3 is 4.74 Å². The van der Waals surface area contributed by atoms with Crippen molar-refractivity contribution in [1.82, 2.24) is 0 Å². The van der Waals surface area contributed by atoms with Crippen LogP contribution in [0, 0.1) is 0 Å². The Bertz CT molecular complexity index is 270. The summed E-state index contributed by atoms with van der Waals surface area (Å²) < 4.78 is 6.49. The average molecular weight is 213 g/mol. The van der Waals surface area contributed by atoms with Crippen molar-refractivity contribution in [3.05, 3.63) is 33.8 Å². The topological polar surface area (TPSA) is 9.23 Å². The van der Waals surface area contributed by atoms with Gasteiger partial charge in [-0.05, 0) is 29.7 Å². The van der Waals surface area contributed by atoms with E-state index in [4.69, 9.17) is 4.74 Å². The second kappa shape index (κ2) is 2.95. The highest BCUT2D eigenvalue weighted by atomic mass is 79.9. The number of hydrogen-bond donors (Lipinski definition) is 0. The van der Waals surface area contributed by atoms with Crippen LogP contribution in [-0.4, -0.2) is 6.61 Å². The predicted octanol–water partition coefficient (Wildman–Crippen LogP) is 2.52. The van der Waals surface area contributed by atoms with E-state index in [1.807, 2.05) is 0 Å². The van der Waals surface area contributed by atoms with Crippen molar-refractivity contribution in [3.8, 4) is 0 Å². The molecule has 1 aliphatic heterocycles. The van der Waals surface area contributed by atoms with Crippen LogP contribution in [-0.2, 0) is 17.8 Å². The van der Waals surface area contributed by atoms with Crippen molar-refractivity contribution in [1.29, 1.82) is 0 Å². The fourth-order valence-corrected chi connectivity index (χ4v) is 1.74. The van der Waals surface area contributed by atoms with E-state index < -0.39 is 0 Å². The van der Waals surface area contributed by atoms with Crippen molar-refractivity contribution in [3.63, 3.8) is 0 Å². The lowest BCUT2D eigenvalue weighted by Crippen LogP contribution is -2.09. The van der Waals surface area contributed by atoms with E-state index in [1.165, 1.54) is 11.1 Å². The van der Waals surface area contributed by atoms with Gasteiger partial charge in [-0.2, -0.15) is 0 Å². The maximum Gasteiger partial charge on any atom is 0.0719 e. The molecule has 0 radical (unpaired) electrons. The number of benzene rings is 1. The molecule has 0 spiro atoms. The number of ether oxygens (including phenoxy) is 1. The van der Waals surface area contributed by atoms with Crippen LogP contribution in [0.1, 0.15) is 11.1 Å². The van der Waals surface area contributed by atoms with Crippen molar-refractivity contribution < 1.29 is 4.74 Å². The number of halogens is 1. The lowest BCUT2D eigenvalue weighted by molar-refractivity contribution is 0.110. The number of fused-ring (bicyclic) bond motifs is 1. The molecule has 11 heavy (non-hydrogen) atoms. The molecular weight excluding hydrogens is 204 g/mol. The maximum absolute atomic E-state index is 5.32. The molecule has 0 bridgehead atoms. The van der Waals surface area contributed by atoms with Crippen molar-refractivity contribution in [2.75, 3.05) is 6.61 Å². The lowest BCUT2D eigenvalue weighted by Gasteiger charge is -2.15. The fraction of sp³-hybridized carbons (Fsp3) is 0.333. The average Bonchev–Trinajstić information content (AvgIpc) is 2.04. The van der Waals surface area contributed by atoms with Gasteiger partial charge in [-0.15, -0.1) is 0 Å². The summed E-state index contributed by atoms with van der Waals surface area (Å²) >= 11 is 3.45. The summed E-state index contributed by atoms with van der Waals surface area (Å²) in [6.45, 7) is 1.64. The Morgan fingerprint density at radius 1 is 1.27 bits per heavy atom. The summed E-state index contributed by atoms with van der Waals surface area (Å²) in [6.07, 6.45) is 1.05. The first kappa shape index (κ1) is 7.32. The number of rotatable bonds is 0. The monoisotopic (exact) mass is 212 g/mol. The Balaban J connectivity index is 2.43. The minimum atomic E-state index is 0.780. The molecule has 0 saturated heterocycles. The quantitative estimate of drug-likeness (QED) is 0.643. The molecule has 0 aliphatic carbocycles. The van der Waals surface area contributed by atoms with Gasteiger partial charge in [0.15, 0.2) is 0 Å². The predicted molar refractivity (Wildman–Crippen MR) is 47.5 cm³/mol. The lowest BCUT2D eigenvalue weighted by atomic mass is 10.0. The molecule has 2 rings (SSSR count). The summed E-state index contributed by atoms with van der Waals surface area (Å²) in [7, 11) is 0. The van der Waals surface area contributed by atoms with E-state index in [0.717, 1.165) is 24.1 Å². The summed E-state index contributed by atoms with van der Waals surface area (Å²) in [5.41, 5.74) is 2.75. The Hall–Kier alpha value is -0.340. The van der Waals surface area contributed by atoms with Gasteiger partial charge in [0.05, 0.1) is 13.2 Å².